The van der Waals surface area contributed by atoms with Crippen LogP contribution >= 0.6 is 11.8 Å². The quantitative estimate of drug-likeness (QED) is 0.855. The standard InChI is InChI=1S/C17H34N2S/c1-6-18-16-10-13(2)9-14(3)15(16)11-19-7-8-20-17(4,5)12-19/h13-16,18H,6-12H2,1-5H3. The summed E-state index contributed by atoms with van der Waals surface area (Å²) in [5.74, 6) is 3.89. The van der Waals surface area contributed by atoms with Crippen LogP contribution in [0.25, 0.3) is 0 Å². The topological polar surface area (TPSA) is 15.3 Å². The molecule has 0 aromatic rings. The van der Waals surface area contributed by atoms with Crippen LogP contribution in [0.3, 0.4) is 0 Å². The van der Waals surface area contributed by atoms with Gasteiger partial charge >= 0.3 is 0 Å². The lowest BCUT2D eigenvalue weighted by Gasteiger charge is -2.45. The first kappa shape index (κ1) is 16.6. The van der Waals surface area contributed by atoms with Crippen LogP contribution in [0.15, 0.2) is 0 Å². The molecule has 3 heteroatoms. The van der Waals surface area contributed by atoms with Crippen molar-refractivity contribution >= 4 is 11.8 Å². The molecule has 0 aromatic heterocycles. The zero-order chi connectivity index (χ0) is 14.8. The van der Waals surface area contributed by atoms with Crippen LogP contribution in [0.2, 0.25) is 0 Å². The van der Waals surface area contributed by atoms with Crippen LogP contribution in [0.4, 0.5) is 0 Å². The first-order valence-electron chi connectivity index (χ1n) is 8.51. The van der Waals surface area contributed by atoms with Gasteiger partial charge in [0.2, 0.25) is 0 Å². The van der Waals surface area contributed by atoms with Gasteiger partial charge in [0.1, 0.15) is 0 Å². The molecule has 2 rings (SSSR count). The van der Waals surface area contributed by atoms with Crippen molar-refractivity contribution in [3.05, 3.63) is 0 Å². The summed E-state index contributed by atoms with van der Waals surface area (Å²) in [7, 11) is 0. The number of rotatable bonds is 4. The Morgan fingerprint density at radius 1 is 1.25 bits per heavy atom. The van der Waals surface area contributed by atoms with Gasteiger partial charge in [0.25, 0.3) is 0 Å². The fourth-order valence-corrected chi connectivity index (χ4v) is 5.46. The van der Waals surface area contributed by atoms with Crippen molar-refractivity contribution in [2.45, 2.75) is 58.2 Å². The molecule has 1 heterocycles. The summed E-state index contributed by atoms with van der Waals surface area (Å²) in [6.45, 7) is 16.9. The van der Waals surface area contributed by atoms with Crippen molar-refractivity contribution in [3.8, 4) is 0 Å². The smallest absolute Gasteiger partial charge is 0.0231 e. The summed E-state index contributed by atoms with van der Waals surface area (Å²) in [6.07, 6.45) is 2.79. The van der Waals surface area contributed by atoms with Crippen molar-refractivity contribution in [3.63, 3.8) is 0 Å². The fourth-order valence-electron chi connectivity index (χ4n) is 4.28. The molecule has 2 fully saturated rings. The lowest BCUT2D eigenvalue weighted by molar-refractivity contribution is 0.0993. The Hall–Kier alpha value is 0.270. The van der Waals surface area contributed by atoms with Gasteiger partial charge < -0.3 is 10.2 Å². The molecule has 0 radical (unpaired) electrons. The van der Waals surface area contributed by atoms with Gasteiger partial charge in [-0.05, 0) is 51.0 Å². The van der Waals surface area contributed by atoms with Crippen molar-refractivity contribution in [2.75, 3.05) is 31.9 Å². The Bertz CT molecular complexity index is 305. The van der Waals surface area contributed by atoms with E-state index in [4.69, 9.17) is 0 Å². The molecule has 4 unspecified atom stereocenters. The number of nitrogens with one attached hydrogen (secondary N) is 1. The maximum Gasteiger partial charge on any atom is 0.0231 e. The average Bonchev–Trinajstić information content (AvgIpc) is 2.32. The lowest BCUT2D eigenvalue weighted by Crippen LogP contribution is -2.52. The third kappa shape index (κ3) is 4.38. The molecule has 2 nitrogen and oxygen atoms in total. The van der Waals surface area contributed by atoms with Crippen LogP contribution in [-0.2, 0) is 0 Å². The maximum absolute atomic E-state index is 3.77. The minimum absolute atomic E-state index is 0.442. The second-order valence-electron chi connectivity index (χ2n) is 7.73. The minimum Gasteiger partial charge on any atom is -0.314 e. The Morgan fingerprint density at radius 2 is 2.00 bits per heavy atom. The van der Waals surface area contributed by atoms with E-state index in [2.05, 4.69) is 56.6 Å². The van der Waals surface area contributed by atoms with Crippen LogP contribution in [-0.4, -0.2) is 47.6 Å². The predicted molar refractivity (Wildman–Crippen MR) is 91.5 cm³/mol. The SMILES string of the molecule is CCNC1CC(C)CC(C)C1CN1CCSC(C)(C)C1. The molecule has 1 aliphatic heterocycles. The summed E-state index contributed by atoms with van der Waals surface area (Å²) in [5.41, 5.74) is 0. The number of nitrogens with zero attached hydrogens (tertiary/aromatic N) is 1. The highest BCUT2D eigenvalue weighted by atomic mass is 32.2. The van der Waals surface area contributed by atoms with Gasteiger partial charge in [0.15, 0.2) is 0 Å². The second kappa shape index (κ2) is 7.02. The molecule has 0 amide bonds. The van der Waals surface area contributed by atoms with Gasteiger partial charge in [-0.15, -0.1) is 0 Å². The molecular weight excluding hydrogens is 264 g/mol. The molecule has 20 heavy (non-hydrogen) atoms. The highest BCUT2D eigenvalue weighted by Crippen LogP contribution is 2.36. The molecule has 118 valence electrons. The third-order valence-electron chi connectivity index (χ3n) is 5.12. The maximum atomic E-state index is 3.77. The molecule has 4 atom stereocenters. The van der Waals surface area contributed by atoms with Crippen LogP contribution < -0.4 is 5.32 Å². The normalized spacial score (nSPS) is 38.9. The van der Waals surface area contributed by atoms with E-state index in [0.717, 1.165) is 30.3 Å². The molecule has 1 saturated carbocycles. The van der Waals surface area contributed by atoms with Gasteiger partial charge in [-0.3, -0.25) is 0 Å². The van der Waals surface area contributed by atoms with Crippen LogP contribution in [0.1, 0.15) is 47.5 Å². The van der Waals surface area contributed by atoms with E-state index in [0.29, 0.717) is 4.75 Å². The van der Waals surface area contributed by atoms with Gasteiger partial charge in [-0.25, -0.2) is 0 Å². The highest BCUT2D eigenvalue weighted by molar-refractivity contribution is 8.00. The minimum atomic E-state index is 0.442. The zero-order valence-electron chi connectivity index (χ0n) is 14.1. The van der Waals surface area contributed by atoms with Gasteiger partial charge in [0.05, 0.1) is 0 Å². The largest absolute Gasteiger partial charge is 0.314 e. The highest BCUT2D eigenvalue weighted by Gasteiger charge is 2.36. The fraction of sp³-hybridized carbons (Fsp3) is 1.00. The lowest BCUT2D eigenvalue weighted by atomic mass is 9.72. The monoisotopic (exact) mass is 298 g/mol. The molecule has 2 aliphatic rings. The Labute approximate surface area is 130 Å². The van der Waals surface area contributed by atoms with Crippen LogP contribution in [0, 0.1) is 17.8 Å². The van der Waals surface area contributed by atoms with Gasteiger partial charge in [0, 0.05) is 36.2 Å². The molecule has 1 aliphatic carbocycles. The molecule has 0 aromatic carbocycles. The van der Waals surface area contributed by atoms with E-state index >= 15 is 0 Å². The summed E-state index contributed by atoms with van der Waals surface area (Å²) in [5, 5.41) is 3.77. The van der Waals surface area contributed by atoms with Gasteiger partial charge in [-0.1, -0.05) is 20.8 Å². The predicted octanol–water partition coefficient (Wildman–Crippen LogP) is 3.47. The Balaban J connectivity index is 1.97. The van der Waals surface area contributed by atoms with E-state index in [1.807, 2.05) is 0 Å². The zero-order valence-corrected chi connectivity index (χ0v) is 14.9. The third-order valence-corrected chi connectivity index (χ3v) is 6.42. The van der Waals surface area contributed by atoms with Crippen molar-refractivity contribution in [2.24, 2.45) is 17.8 Å². The molecular formula is C17H34N2S. The first-order valence-corrected chi connectivity index (χ1v) is 9.49. The summed E-state index contributed by atoms with van der Waals surface area (Å²) < 4.78 is 0.442. The van der Waals surface area contributed by atoms with Crippen LogP contribution in [0.5, 0.6) is 0 Å². The van der Waals surface area contributed by atoms with E-state index in [-0.39, 0.29) is 0 Å². The summed E-state index contributed by atoms with van der Waals surface area (Å²) in [6, 6.07) is 0.733. The first-order chi connectivity index (χ1) is 9.41. The van der Waals surface area contributed by atoms with E-state index in [1.54, 1.807) is 0 Å². The van der Waals surface area contributed by atoms with E-state index in [9.17, 15) is 0 Å². The van der Waals surface area contributed by atoms with E-state index in [1.165, 1.54) is 38.2 Å². The number of hydrogen-bond donors (Lipinski definition) is 1. The van der Waals surface area contributed by atoms with Crippen molar-refractivity contribution < 1.29 is 0 Å². The van der Waals surface area contributed by atoms with E-state index < -0.39 is 0 Å². The summed E-state index contributed by atoms with van der Waals surface area (Å²) in [4.78, 5) is 2.73. The Morgan fingerprint density at radius 3 is 2.65 bits per heavy atom. The molecule has 0 spiro atoms. The molecule has 0 bridgehead atoms. The number of hydrogen-bond acceptors (Lipinski definition) is 3. The second-order valence-corrected chi connectivity index (χ2v) is 9.53. The number of thioether (sulfide) groups is 1. The Kier molecular flexibility index (Phi) is 5.84. The van der Waals surface area contributed by atoms with Crippen molar-refractivity contribution in [1.82, 2.24) is 10.2 Å². The molecule has 1 N–H and O–H groups in total. The molecule has 1 saturated heterocycles. The summed E-state index contributed by atoms with van der Waals surface area (Å²) >= 11 is 2.14. The van der Waals surface area contributed by atoms with Crippen molar-refractivity contribution in [1.29, 1.82) is 0 Å². The average molecular weight is 299 g/mol. The van der Waals surface area contributed by atoms with Gasteiger partial charge in [-0.2, -0.15) is 11.8 Å².